The number of carbonyl (C=O) groups excluding carboxylic acids is 1. The lowest BCUT2D eigenvalue weighted by Gasteiger charge is -2.16. The highest BCUT2D eigenvalue weighted by Gasteiger charge is 2.38. The number of thiophene rings is 1. The van der Waals surface area contributed by atoms with Crippen LogP contribution in [0.25, 0.3) is 16.2 Å². The topological polar surface area (TPSA) is 86.6 Å². The van der Waals surface area contributed by atoms with Crippen molar-refractivity contribution in [3.8, 4) is 0 Å². The van der Waals surface area contributed by atoms with Gasteiger partial charge in [-0.2, -0.15) is 0 Å². The predicted octanol–water partition coefficient (Wildman–Crippen LogP) is 5.87. The van der Waals surface area contributed by atoms with E-state index >= 15 is 0 Å². The molecule has 0 saturated heterocycles. The average Bonchev–Trinajstić information content (AvgIpc) is 2.95. The van der Waals surface area contributed by atoms with E-state index in [2.05, 4.69) is 5.32 Å². The number of amides is 1. The highest BCUT2D eigenvalue weighted by atomic mass is 35.5. The Morgan fingerprint density at radius 2 is 1.75 bits per heavy atom. The minimum Gasteiger partial charge on any atom is -0.332 e. The summed E-state index contributed by atoms with van der Waals surface area (Å²) in [6.07, 6.45) is 2.81. The van der Waals surface area contributed by atoms with Gasteiger partial charge in [-0.3, -0.25) is 9.36 Å². The zero-order valence-corrected chi connectivity index (χ0v) is 18.0. The number of nitrogens with one attached hydrogen (secondary N) is 1. The molecule has 0 aliphatic carbocycles. The van der Waals surface area contributed by atoms with Gasteiger partial charge in [0.2, 0.25) is 5.91 Å². The first-order chi connectivity index (χ1) is 13.1. The molecule has 0 aliphatic rings. The lowest BCUT2D eigenvalue weighted by atomic mass is 10.1. The molecule has 1 atom stereocenters. The number of carbonyl (C=O) groups is 1. The summed E-state index contributed by atoms with van der Waals surface area (Å²) in [5.41, 5.74) is -0.807. The minimum absolute atomic E-state index is 0.229. The zero-order valence-electron chi connectivity index (χ0n) is 14.0. The normalized spacial score (nSPS) is 13.2. The summed E-state index contributed by atoms with van der Waals surface area (Å²) >= 11 is 19.1. The first-order valence-corrected chi connectivity index (χ1v) is 11.5. The molecule has 0 aliphatic heterocycles. The Bertz CT molecular complexity index is 1100. The number of halogens is 3. The molecule has 3 N–H and O–H groups in total. The summed E-state index contributed by atoms with van der Waals surface area (Å²) in [4.78, 5) is 32.2. The minimum atomic E-state index is -4.79. The molecule has 0 radical (unpaired) electrons. The molecule has 28 heavy (non-hydrogen) atoms. The molecule has 0 bridgehead atoms. The van der Waals surface area contributed by atoms with Crippen molar-refractivity contribution in [2.45, 2.75) is 5.66 Å². The second-order valence-electron chi connectivity index (χ2n) is 5.87. The van der Waals surface area contributed by atoms with Gasteiger partial charge < -0.3 is 15.1 Å². The second-order valence-corrected chi connectivity index (χ2v) is 9.78. The van der Waals surface area contributed by atoms with Crippen LogP contribution in [0.4, 0.5) is 0 Å². The van der Waals surface area contributed by atoms with Crippen molar-refractivity contribution in [2.75, 3.05) is 0 Å². The number of hydrogen-bond donors (Lipinski definition) is 3. The molecule has 1 aromatic heterocycles. The third kappa shape index (κ3) is 4.97. The van der Waals surface area contributed by atoms with Gasteiger partial charge in [-0.25, -0.2) is 0 Å². The van der Waals surface area contributed by atoms with Gasteiger partial charge in [-0.15, -0.1) is 11.3 Å². The number of fused-ring (bicyclic) bond motifs is 1. The van der Waals surface area contributed by atoms with Crippen molar-refractivity contribution in [1.82, 2.24) is 5.32 Å². The lowest BCUT2D eigenvalue weighted by Crippen LogP contribution is -2.25. The molecule has 1 heterocycles. The fourth-order valence-electron chi connectivity index (χ4n) is 2.68. The summed E-state index contributed by atoms with van der Waals surface area (Å²) in [7, 11) is -4.79. The van der Waals surface area contributed by atoms with E-state index in [0.717, 1.165) is 4.70 Å². The molecule has 0 fully saturated rings. The van der Waals surface area contributed by atoms with Crippen molar-refractivity contribution in [3.05, 3.63) is 74.2 Å². The van der Waals surface area contributed by atoms with E-state index in [4.69, 9.17) is 34.8 Å². The number of benzene rings is 2. The van der Waals surface area contributed by atoms with Crippen LogP contribution in [-0.4, -0.2) is 15.7 Å². The van der Waals surface area contributed by atoms with Crippen molar-refractivity contribution in [1.29, 1.82) is 0 Å². The molecule has 0 spiro atoms. The fraction of sp³-hybridized carbons (Fsp3) is 0.0556. The van der Waals surface area contributed by atoms with Crippen LogP contribution >= 0.6 is 53.7 Å². The molecule has 146 valence electrons. The summed E-state index contributed by atoms with van der Waals surface area (Å²) < 4.78 is 12.8. The first-order valence-electron chi connectivity index (χ1n) is 7.80. The maximum Gasteiger partial charge on any atom is 0.342 e. The smallest absolute Gasteiger partial charge is 0.332 e. The van der Waals surface area contributed by atoms with Gasteiger partial charge in [-0.1, -0.05) is 34.8 Å². The Morgan fingerprint density at radius 1 is 1.07 bits per heavy atom. The summed E-state index contributed by atoms with van der Waals surface area (Å²) in [6.45, 7) is 0. The van der Waals surface area contributed by atoms with E-state index < -0.39 is 19.2 Å². The van der Waals surface area contributed by atoms with E-state index in [1.54, 1.807) is 41.8 Å². The Balaban J connectivity index is 1.89. The predicted molar refractivity (Wildman–Crippen MR) is 115 cm³/mol. The highest BCUT2D eigenvalue weighted by molar-refractivity contribution is 7.53. The van der Waals surface area contributed by atoms with Crippen molar-refractivity contribution in [3.63, 3.8) is 0 Å². The third-order valence-corrected chi connectivity index (χ3v) is 6.67. The van der Waals surface area contributed by atoms with Gasteiger partial charge >= 0.3 is 7.60 Å². The van der Waals surface area contributed by atoms with Crippen LogP contribution in [0, 0.1) is 0 Å². The Kier molecular flexibility index (Phi) is 6.52. The van der Waals surface area contributed by atoms with Crippen molar-refractivity contribution < 1.29 is 19.1 Å². The van der Waals surface area contributed by atoms with Crippen LogP contribution in [0.2, 0.25) is 15.1 Å². The van der Waals surface area contributed by atoms with Gasteiger partial charge in [0.1, 0.15) is 0 Å². The SMILES string of the molecule is O=C(N/C=C/c1cc(Cl)cc(Cl)c1)C(c1csc2ccc(Cl)cc12)P(=O)(O)O. The molecule has 2 aromatic carbocycles. The molecular formula is C18H13Cl3NO4PS. The molecule has 0 saturated carbocycles. The van der Waals surface area contributed by atoms with E-state index in [9.17, 15) is 19.1 Å². The molecule has 3 rings (SSSR count). The molecule has 5 nitrogen and oxygen atoms in total. The van der Waals surface area contributed by atoms with E-state index in [1.807, 2.05) is 0 Å². The van der Waals surface area contributed by atoms with Crippen LogP contribution in [-0.2, 0) is 9.36 Å². The summed E-state index contributed by atoms with van der Waals surface area (Å²) in [5, 5.41) is 5.77. The molecule has 1 unspecified atom stereocenters. The molecule has 1 amide bonds. The molecule has 10 heteroatoms. The van der Waals surface area contributed by atoms with Crippen LogP contribution in [0.3, 0.4) is 0 Å². The summed E-state index contributed by atoms with van der Waals surface area (Å²) in [5.74, 6) is -0.836. The van der Waals surface area contributed by atoms with Gasteiger partial charge in [0.05, 0.1) is 0 Å². The molecule has 3 aromatic rings. The Morgan fingerprint density at radius 3 is 2.39 bits per heavy atom. The monoisotopic (exact) mass is 475 g/mol. The quantitative estimate of drug-likeness (QED) is 0.402. The largest absolute Gasteiger partial charge is 0.342 e. The third-order valence-electron chi connectivity index (χ3n) is 3.83. The summed E-state index contributed by atoms with van der Waals surface area (Å²) in [6, 6.07) is 9.83. The average molecular weight is 477 g/mol. The van der Waals surface area contributed by atoms with Crippen LogP contribution in [0.1, 0.15) is 16.8 Å². The Hall–Kier alpha value is -1.37. The number of rotatable bonds is 5. The lowest BCUT2D eigenvalue weighted by molar-refractivity contribution is -0.120. The van der Waals surface area contributed by atoms with E-state index in [1.165, 1.54) is 23.6 Å². The van der Waals surface area contributed by atoms with E-state index in [0.29, 0.717) is 26.0 Å². The van der Waals surface area contributed by atoms with Gasteiger partial charge in [0.15, 0.2) is 5.66 Å². The fourth-order valence-corrected chi connectivity index (χ4v) is 5.42. The van der Waals surface area contributed by atoms with Crippen LogP contribution in [0.5, 0.6) is 0 Å². The van der Waals surface area contributed by atoms with Crippen molar-refractivity contribution in [2.24, 2.45) is 0 Å². The molecular weight excluding hydrogens is 464 g/mol. The van der Waals surface area contributed by atoms with Gasteiger partial charge in [0, 0.05) is 26.0 Å². The Labute approximate surface area is 179 Å². The highest BCUT2D eigenvalue weighted by Crippen LogP contribution is 2.54. The maximum absolute atomic E-state index is 12.6. The second kappa shape index (κ2) is 8.56. The number of hydrogen-bond acceptors (Lipinski definition) is 3. The van der Waals surface area contributed by atoms with Gasteiger partial charge in [-0.05, 0) is 64.4 Å². The first kappa shape index (κ1) is 21.3. The maximum atomic E-state index is 12.6. The van der Waals surface area contributed by atoms with E-state index in [-0.39, 0.29) is 5.56 Å². The van der Waals surface area contributed by atoms with Crippen LogP contribution < -0.4 is 5.32 Å². The zero-order chi connectivity index (χ0) is 20.5. The van der Waals surface area contributed by atoms with Gasteiger partial charge in [0.25, 0.3) is 0 Å². The standard InChI is InChI=1S/C18H13Cl3NO4PS/c19-11-1-2-16-14(8-11)15(9-28-16)17(27(24,25)26)18(23)22-4-3-10-5-12(20)7-13(21)6-10/h1-9,17H,(H,22,23)(H2,24,25,26)/b4-3+. The van der Waals surface area contributed by atoms with Crippen molar-refractivity contribution >= 4 is 75.8 Å². The van der Waals surface area contributed by atoms with Crippen LogP contribution in [0.15, 0.2) is 48.0 Å².